The molecule has 0 fully saturated rings. The van der Waals surface area contributed by atoms with E-state index in [2.05, 4.69) is 61.1 Å². The molecule has 0 spiro atoms. The van der Waals surface area contributed by atoms with Crippen LogP contribution in [-0.4, -0.2) is 6.54 Å². The van der Waals surface area contributed by atoms with E-state index in [0.29, 0.717) is 6.04 Å². The van der Waals surface area contributed by atoms with Gasteiger partial charge in [0.2, 0.25) is 0 Å². The van der Waals surface area contributed by atoms with Crippen LogP contribution >= 0.6 is 15.9 Å². The molecule has 1 rings (SSSR count). The van der Waals surface area contributed by atoms with Gasteiger partial charge < -0.3 is 5.32 Å². The first-order valence-corrected chi connectivity index (χ1v) is 9.39. The van der Waals surface area contributed by atoms with Crippen molar-refractivity contribution in [2.75, 3.05) is 6.54 Å². The number of halogens is 1. The van der Waals surface area contributed by atoms with Crippen LogP contribution in [0, 0.1) is 13.8 Å². The van der Waals surface area contributed by atoms with Gasteiger partial charge in [-0.15, -0.1) is 0 Å². The zero-order valence-corrected chi connectivity index (χ0v) is 15.9. The molecule has 0 aliphatic rings. The minimum Gasteiger partial charge on any atom is -0.310 e. The standard InChI is InChI=1S/C19H32BrN/c1-5-7-8-9-10-11-12-19(21-6-2)17-13-16(4)18(20)14-15(17)3/h13-14,19,21H,5-12H2,1-4H3. The van der Waals surface area contributed by atoms with E-state index in [4.69, 9.17) is 0 Å². The second-order valence-electron chi connectivity index (χ2n) is 6.12. The Kier molecular flexibility index (Phi) is 9.26. The lowest BCUT2D eigenvalue weighted by Crippen LogP contribution is -2.21. The molecule has 1 nitrogen and oxygen atoms in total. The van der Waals surface area contributed by atoms with Crippen LogP contribution in [0.1, 0.15) is 81.5 Å². The molecule has 0 aliphatic heterocycles. The predicted octanol–water partition coefficient (Wildman–Crippen LogP) is 6.47. The number of hydrogen-bond donors (Lipinski definition) is 1. The first-order chi connectivity index (χ1) is 10.1. The zero-order chi connectivity index (χ0) is 15.7. The maximum atomic E-state index is 3.67. The van der Waals surface area contributed by atoms with Gasteiger partial charge in [-0.05, 0) is 49.6 Å². The lowest BCUT2D eigenvalue weighted by molar-refractivity contribution is 0.475. The van der Waals surface area contributed by atoms with Crippen LogP contribution in [0.15, 0.2) is 16.6 Å². The maximum Gasteiger partial charge on any atom is 0.0322 e. The molecular weight excluding hydrogens is 322 g/mol. The molecule has 2 heteroatoms. The highest BCUT2D eigenvalue weighted by atomic mass is 79.9. The molecule has 1 aromatic carbocycles. The van der Waals surface area contributed by atoms with Crippen molar-refractivity contribution in [3.05, 3.63) is 33.3 Å². The summed E-state index contributed by atoms with van der Waals surface area (Å²) in [5.41, 5.74) is 4.21. The molecule has 0 aliphatic carbocycles. The summed E-state index contributed by atoms with van der Waals surface area (Å²) in [7, 11) is 0. The summed E-state index contributed by atoms with van der Waals surface area (Å²) in [6, 6.07) is 5.12. The summed E-state index contributed by atoms with van der Waals surface area (Å²) in [5.74, 6) is 0. The topological polar surface area (TPSA) is 12.0 Å². The number of hydrogen-bond acceptors (Lipinski definition) is 1. The van der Waals surface area contributed by atoms with Gasteiger partial charge in [-0.25, -0.2) is 0 Å². The molecule has 0 bridgehead atoms. The van der Waals surface area contributed by atoms with E-state index >= 15 is 0 Å². The van der Waals surface area contributed by atoms with E-state index < -0.39 is 0 Å². The molecule has 21 heavy (non-hydrogen) atoms. The van der Waals surface area contributed by atoms with Crippen molar-refractivity contribution in [2.24, 2.45) is 0 Å². The Labute approximate surface area is 140 Å². The maximum absolute atomic E-state index is 3.67. The van der Waals surface area contributed by atoms with Crippen molar-refractivity contribution in [3.8, 4) is 0 Å². The zero-order valence-electron chi connectivity index (χ0n) is 14.3. The third-order valence-corrected chi connectivity index (χ3v) is 5.07. The van der Waals surface area contributed by atoms with E-state index in [1.165, 1.54) is 66.1 Å². The van der Waals surface area contributed by atoms with Crippen LogP contribution in [-0.2, 0) is 0 Å². The van der Waals surface area contributed by atoms with Gasteiger partial charge in [0.15, 0.2) is 0 Å². The van der Waals surface area contributed by atoms with Crippen LogP contribution in [0.2, 0.25) is 0 Å². The predicted molar refractivity (Wildman–Crippen MR) is 98.0 cm³/mol. The van der Waals surface area contributed by atoms with E-state index in [0.717, 1.165) is 6.54 Å². The molecule has 0 radical (unpaired) electrons. The largest absolute Gasteiger partial charge is 0.310 e. The molecule has 0 saturated heterocycles. The Bertz CT molecular complexity index is 414. The highest BCUT2D eigenvalue weighted by molar-refractivity contribution is 9.10. The van der Waals surface area contributed by atoms with E-state index in [-0.39, 0.29) is 0 Å². The Hall–Kier alpha value is -0.340. The smallest absolute Gasteiger partial charge is 0.0322 e. The lowest BCUT2D eigenvalue weighted by Gasteiger charge is -2.21. The molecule has 0 aromatic heterocycles. The second kappa shape index (κ2) is 10.4. The Morgan fingerprint density at radius 3 is 2.29 bits per heavy atom. The van der Waals surface area contributed by atoms with Gasteiger partial charge in [-0.2, -0.15) is 0 Å². The highest BCUT2D eigenvalue weighted by Crippen LogP contribution is 2.28. The molecule has 120 valence electrons. The number of unbranched alkanes of at least 4 members (excludes halogenated alkanes) is 5. The van der Waals surface area contributed by atoms with Gasteiger partial charge in [-0.3, -0.25) is 0 Å². The highest BCUT2D eigenvalue weighted by Gasteiger charge is 2.13. The average molecular weight is 354 g/mol. The van der Waals surface area contributed by atoms with Gasteiger partial charge in [-0.1, -0.05) is 74.4 Å². The van der Waals surface area contributed by atoms with Crippen LogP contribution in [0.3, 0.4) is 0 Å². The van der Waals surface area contributed by atoms with Gasteiger partial charge in [0.1, 0.15) is 0 Å². The molecule has 0 amide bonds. The SMILES string of the molecule is CCCCCCCCC(NCC)c1cc(C)c(Br)cc1C. The number of aryl methyl sites for hydroxylation is 2. The van der Waals surface area contributed by atoms with Gasteiger partial charge in [0, 0.05) is 10.5 Å². The molecule has 1 N–H and O–H groups in total. The molecule has 1 atom stereocenters. The first-order valence-electron chi connectivity index (χ1n) is 8.60. The van der Waals surface area contributed by atoms with Crippen molar-refractivity contribution in [1.29, 1.82) is 0 Å². The molecular formula is C19H32BrN. The van der Waals surface area contributed by atoms with E-state index in [9.17, 15) is 0 Å². The average Bonchev–Trinajstić information content (AvgIpc) is 2.45. The Morgan fingerprint density at radius 2 is 1.62 bits per heavy atom. The van der Waals surface area contributed by atoms with Crippen LogP contribution in [0.25, 0.3) is 0 Å². The minimum absolute atomic E-state index is 0.507. The van der Waals surface area contributed by atoms with Gasteiger partial charge in [0.25, 0.3) is 0 Å². The normalized spacial score (nSPS) is 12.6. The molecule has 0 saturated carbocycles. The first kappa shape index (κ1) is 18.7. The molecule has 0 heterocycles. The van der Waals surface area contributed by atoms with Crippen molar-refractivity contribution in [2.45, 2.75) is 78.7 Å². The summed E-state index contributed by atoms with van der Waals surface area (Å²) in [4.78, 5) is 0. The van der Waals surface area contributed by atoms with E-state index in [1.54, 1.807) is 0 Å². The van der Waals surface area contributed by atoms with Crippen molar-refractivity contribution in [1.82, 2.24) is 5.32 Å². The summed E-state index contributed by atoms with van der Waals surface area (Å²) in [5, 5.41) is 3.67. The fourth-order valence-electron chi connectivity index (χ4n) is 2.92. The summed E-state index contributed by atoms with van der Waals surface area (Å²) >= 11 is 3.64. The summed E-state index contributed by atoms with van der Waals surface area (Å²) in [6.07, 6.45) is 9.47. The second-order valence-corrected chi connectivity index (χ2v) is 6.98. The third-order valence-electron chi connectivity index (χ3n) is 4.22. The number of rotatable bonds is 10. The monoisotopic (exact) mass is 353 g/mol. The minimum atomic E-state index is 0.507. The number of nitrogens with one attached hydrogen (secondary N) is 1. The van der Waals surface area contributed by atoms with Crippen molar-refractivity contribution < 1.29 is 0 Å². The summed E-state index contributed by atoms with van der Waals surface area (Å²) < 4.78 is 1.22. The third kappa shape index (κ3) is 6.52. The quantitative estimate of drug-likeness (QED) is 0.475. The van der Waals surface area contributed by atoms with Crippen molar-refractivity contribution >= 4 is 15.9 Å². The van der Waals surface area contributed by atoms with Crippen LogP contribution < -0.4 is 5.32 Å². The molecule has 1 aromatic rings. The number of benzene rings is 1. The fraction of sp³-hybridized carbons (Fsp3) is 0.684. The van der Waals surface area contributed by atoms with Crippen molar-refractivity contribution in [3.63, 3.8) is 0 Å². The molecule has 1 unspecified atom stereocenters. The Morgan fingerprint density at radius 1 is 0.952 bits per heavy atom. The van der Waals surface area contributed by atoms with Crippen LogP contribution in [0.4, 0.5) is 0 Å². The summed E-state index contributed by atoms with van der Waals surface area (Å²) in [6.45, 7) is 9.93. The fourth-order valence-corrected chi connectivity index (χ4v) is 3.38. The van der Waals surface area contributed by atoms with Gasteiger partial charge in [0.05, 0.1) is 0 Å². The van der Waals surface area contributed by atoms with Gasteiger partial charge >= 0.3 is 0 Å². The Balaban J connectivity index is 2.58. The lowest BCUT2D eigenvalue weighted by atomic mass is 9.94. The van der Waals surface area contributed by atoms with E-state index in [1.807, 2.05) is 0 Å². The van der Waals surface area contributed by atoms with Crippen LogP contribution in [0.5, 0.6) is 0 Å².